The fraction of sp³-hybridized carbons (Fsp3) is 0.959. The molecule has 1 aliphatic rings. The van der Waals surface area contributed by atoms with Gasteiger partial charge < -0.3 is 23.8 Å². The Labute approximate surface area is 348 Å². The maximum Gasteiger partial charge on any atom is 0.305 e. The number of hydrogen-bond acceptors (Lipinski definition) is 7. The van der Waals surface area contributed by atoms with E-state index >= 15 is 0 Å². The van der Waals surface area contributed by atoms with Crippen LogP contribution in [0.5, 0.6) is 0 Å². The highest BCUT2D eigenvalue weighted by atomic mass is 16.7. The largest absolute Gasteiger partial charge is 0.465 e. The van der Waals surface area contributed by atoms with E-state index in [0.29, 0.717) is 74.2 Å². The minimum absolute atomic E-state index is 0.0202. The Morgan fingerprint density at radius 3 is 1.36 bits per heavy atom. The van der Waals surface area contributed by atoms with Gasteiger partial charge in [0.25, 0.3) is 0 Å². The third-order valence-corrected chi connectivity index (χ3v) is 12.5. The summed E-state index contributed by atoms with van der Waals surface area (Å²) in [7, 11) is 2.20. The SMILES string of the molecule is CC(C)CCC(COC(=O)CCCCCCCCCC1(CCCCCCCCCC(=O)OCC(CCC(C)C)C(C)C)OCC(CCN(C)C(C)C)O1)C(C)C. The van der Waals surface area contributed by atoms with E-state index in [9.17, 15) is 9.59 Å². The first-order valence-electron chi connectivity index (χ1n) is 24.0. The van der Waals surface area contributed by atoms with Crippen LogP contribution in [0.3, 0.4) is 0 Å². The van der Waals surface area contributed by atoms with E-state index in [-0.39, 0.29) is 18.0 Å². The molecule has 1 heterocycles. The quantitative estimate of drug-likeness (QED) is 0.0462. The van der Waals surface area contributed by atoms with Gasteiger partial charge in [-0.2, -0.15) is 0 Å². The van der Waals surface area contributed by atoms with E-state index < -0.39 is 5.79 Å². The fourth-order valence-electron chi connectivity index (χ4n) is 7.70. The molecule has 0 aliphatic carbocycles. The van der Waals surface area contributed by atoms with Gasteiger partial charge in [-0.05, 0) is 101 Å². The van der Waals surface area contributed by atoms with Crippen LogP contribution in [-0.4, -0.2) is 68.2 Å². The number of nitrogens with zero attached hydrogens (tertiary/aromatic N) is 1. The number of carbonyl (C=O) groups is 2. The molecule has 0 bridgehead atoms. The first-order chi connectivity index (χ1) is 26.6. The van der Waals surface area contributed by atoms with Gasteiger partial charge >= 0.3 is 11.9 Å². The zero-order chi connectivity index (χ0) is 41.8. The molecule has 1 rings (SSSR count). The third kappa shape index (κ3) is 26.7. The number of unbranched alkanes of at least 4 members (excludes halogenated alkanes) is 12. The molecule has 0 amide bonds. The maximum absolute atomic E-state index is 12.4. The molecule has 0 aromatic carbocycles. The molecule has 1 aliphatic heterocycles. The highest BCUT2D eigenvalue weighted by Gasteiger charge is 2.40. The van der Waals surface area contributed by atoms with Gasteiger partial charge in [-0.15, -0.1) is 0 Å². The van der Waals surface area contributed by atoms with Gasteiger partial charge in [0.2, 0.25) is 0 Å². The van der Waals surface area contributed by atoms with Crippen molar-refractivity contribution in [2.45, 2.75) is 235 Å². The summed E-state index contributed by atoms with van der Waals surface area (Å²) in [6.07, 6.45) is 24.9. The zero-order valence-corrected chi connectivity index (χ0v) is 39.1. The predicted octanol–water partition coefficient (Wildman–Crippen LogP) is 13.4. The summed E-state index contributed by atoms with van der Waals surface area (Å²) in [6, 6.07) is 0.536. The first kappa shape index (κ1) is 52.8. The van der Waals surface area contributed by atoms with Crippen molar-refractivity contribution in [2.75, 3.05) is 33.4 Å². The molecule has 332 valence electrons. The number of ether oxygens (including phenoxy) is 4. The average molecular weight is 794 g/mol. The average Bonchev–Trinajstić information content (AvgIpc) is 3.54. The second-order valence-electron chi connectivity index (χ2n) is 19.6. The Hall–Kier alpha value is -1.18. The van der Waals surface area contributed by atoms with Crippen LogP contribution >= 0.6 is 0 Å². The monoisotopic (exact) mass is 794 g/mol. The van der Waals surface area contributed by atoms with Gasteiger partial charge in [0.05, 0.1) is 25.9 Å². The standard InChI is InChI=1S/C49H95NO6/c1-39(2)28-30-44(41(5)6)36-53-47(51)26-22-18-14-12-16-20-24-33-49(55-38-46(56-49)32-35-50(11)43(9)10)34-25-21-17-13-15-19-23-27-48(52)54-37-45(42(7)8)31-29-40(3)4/h39-46H,12-38H2,1-11H3. The number of hydrogen-bond donors (Lipinski definition) is 0. The van der Waals surface area contributed by atoms with Gasteiger partial charge in [-0.25, -0.2) is 0 Å². The molecule has 0 aromatic rings. The van der Waals surface area contributed by atoms with Crippen molar-refractivity contribution < 1.29 is 28.5 Å². The van der Waals surface area contributed by atoms with Gasteiger partial charge in [0.1, 0.15) is 0 Å². The summed E-state index contributed by atoms with van der Waals surface area (Å²) in [5.41, 5.74) is 0. The molecule has 1 fully saturated rings. The summed E-state index contributed by atoms with van der Waals surface area (Å²) < 4.78 is 24.6. The van der Waals surface area contributed by atoms with Crippen molar-refractivity contribution in [3.8, 4) is 0 Å². The molecule has 0 aromatic heterocycles. The third-order valence-electron chi connectivity index (χ3n) is 12.5. The van der Waals surface area contributed by atoms with Crippen molar-refractivity contribution in [1.82, 2.24) is 4.90 Å². The molecule has 1 saturated heterocycles. The van der Waals surface area contributed by atoms with Crippen molar-refractivity contribution in [3.05, 3.63) is 0 Å². The van der Waals surface area contributed by atoms with Crippen LogP contribution in [0.25, 0.3) is 0 Å². The van der Waals surface area contributed by atoms with Crippen molar-refractivity contribution in [3.63, 3.8) is 0 Å². The second-order valence-corrected chi connectivity index (χ2v) is 19.6. The molecule has 3 atom stereocenters. The smallest absolute Gasteiger partial charge is 0.305 e. The lowest BCUT2D eigenvalue weighted by Crippen LogP contribution is -2.33. The Morgan fingerprint density at radius 2 is 0.982 bits per heavy atom. The zero-order valence-electron chi connectivity index (χ0n) is 39.1. The highest BCUT2D eigenvalue weighted by molar-refractivity contribution is 5.69. The molecule has 7 heteroatoms. The van der Waals surface area contributed by atoms with Crippen LogP contribution in [0.15, 0.2) is 0 Å². The maximum atomic E-state index is 12.4. The Balaban J connectivity index is 2.32. The predicted molar refractivity (Wildman–Crippen MR) is 236 cm³/mol. The van der Waals surface area contributed by atoms with Crippen molar-refractivity contribution in [2.24, 2.45) is 35.5 Å². The van der Waals surface area contributed by atoms with Crippen LogP contribution in [0, 0.1) is 35.5 Å². The van der Waals surface area contributed by atoms with Gasteiger partial charge in [-0.3, -0.25) is 9.59 Å². The van der Waals surface area contributed by atoms with Crippen LogP contribution in [0.2, 0.25) is 0 Å². The van der Waals surface area contributed by atoms with Crippen molar-refractivity contribution in [1.29, 1.82) is 0 Å². The summed E-state index contributed by atoms with van der Waals surface area (Å²) in [4.78, 5) is 27.1. The van der Waals surface area contributed by atoms with Crippen LogP contribution in [-0.2, 0) is 28.5 Å². The normalized spacial score (nSPS) is 18.6. The molecule has 0 radical (unpaired) electrons. The molecule has 56 heavy (non-hydrogen) atoms. The topological polar surface area (TPSA) is 74.3 Å². The lowest BCUT2D eigenvalue weighted by molar-refractivity contribution is -0.180. The van der Waals surface area contributed by atoms with Gasteiger partial charge in [-0.1, -0.05) is 132 Å². The number of esters is 2. The van der Waals surface area contributed by atoms with Gasteiger partial charge in [0, 0.05) is 38.3 Å². The van der Waals surface area contributed by atoms with Crippen molar-refractivity contribution >= 4 is 11.9 Å². The van der Waals surface area contributed by atoms with Crippen LogP contribution in [0.1, 0.15) is 217 Å². The second kappa shape index (κ2) is 31.7. The summed E-state index contributed by atoms with van der Waals surface area (Å²) in [5.74, 6) is 2.95. The molecule has 0 spiro atoms. The Bertz CT molecular complexity index is 906. The fourth-order valence-corrected chi connectivity index (χ4v) is 7.70. The summed E-state index contributed by atoms with van der Waals surface area (Å²) in [5, 5.41) is 0. The minimum atomic E-state index is -0.422. The highest BCUT2D eigenvalue weighted by Crippen LogP contribution is 2.36. The van der Waals surface area contributed by atoms with E-state index in [4.69, 9.17) is 18.9 Å². The molecular formula is C49H95NO6. The lowest BCUT2D eigenvalue weighted by atomic mass is 9.89. The minimum Gasteiger partial charge on any atom is -0.465 e. The molecule has 0 N–H and O–H groups in total. The van der Waals surface area contributed by atoms with E-state index in [2.05, 4.69) is 81.2 Å². The van der Waals surface area contributed by atoms with E-state index in [1.54, 1.807) is 0 Å². The van der Waals surface area contributed by atoms with Gasteiger partial charge in [0.15, 0.2) is 5.79 Å². The molecule has 7 nitrogen and oxygen atoms in total. The van der Waals surface area contributed by atoms with E-state index in [0.717, 1.165) is 77.2 Å². The Kier molecular flexibility index (Phi) is 29.9. The van der Waals surface area contributed by atoms with E-state index in [1.807, 2.05) is 0 Å². The molecule has 0 saturated carbocycles. The first-order valence-corrected chi connectivity index (χ1v) is 24.0. The molecule has 3 unspecified atom stereocenters. The number of carbonyl (C=O) groups excluding carboxylic acids is 2. The lowest BCUT2D eigenvalue weighted by Gasteiger charge is -2.29. The molecular weight excluding hydrogens is 699 g/mol. The summed E-state index contributed by atoms with van der Waals surface area (Å²) >= 11 is 0. The van der Waals surface area contributed by atoms with Crippen LogP contribution in [0.4, 0.5) is 0 Å². The number of rotatable bonds is 36. The Morgan fingerprint density at radius 1 is 0.589 bits per heavy atom. The van der Waals surface area contributed by atoms with Crippen LogP contribution < -0.4 is 0 Å². The van der Waals surface area contributed by atoms with E-state index in [1.165, 1.54) is 64.2 Å². The summed E-state index contributed by atoms with van der Waals surface area (Å²) in [6.45, 7) is 25.4.